The van der Waals surface area contributed by atoms with Crippen LogP contribution < -0.4 is 5.32 Å². The second-order valence-electron chi connectivity index (χ2n) is 2.97. The number of hydrogen-bond acceptors (Lipinski definition) is 0. The van der Waals surface area contributed by atoms with Gasteiger partial charge in [-0.1, -0.05) is 12.2 Å². The van der Waals surface area contributed by atoms with E-state index in [0.29, 0.717) is 6.04 Å². The van der Waals surface area contributed by atoms with Gasteiger partial charge in [-0.2, -0.15) is 0 Å². The minimum atomic E-state index is 0.704. The van der Waals surface area contributed by atoms with Crippen LogP contribution in [-0.4, -0.2) is 12.6 Å². The molecule has 0 aromatic carbocycles. The van der Waals surface area contributed by atoms with Gasteiger partial charge >= 0.3 is 0 Å². The van der Waals surface area contributed by atoms with Crippen molar-refractivity contribution in [3.05, 3.63) is 12.2 Å². The van der Waals surface area contributed by atoms with Crippen LogP contribution in [0.2, 0.25) is 0 Å². The first-order chi connectivity index (χ1) is 4.47. The minimum absolute atomic E-state index is 0.704. The molecule has 9 heavy (non-hydrogen) atoms. The SMILES string of the molecule is C1=CC[C@@H]2[N]CC[C@H]2C1. The van der Waals surface area contributed by atoms with Crippen LogP contribution in [0.15, 0.2) is 12.2 Å². The van der Waals surface area contributed by atoms with Crippen molar-refractivity contribution < 1.29 is 0 Å². The van der Waals surface area contributed by atoms with Crippen molar-refractivity contribution in [1.29, 1.82) is 0 Å². The second kappa shape index (κ2) is 2.14. The fourth-order valence-electron chi connectivity index (χ4n) is 1.80. The normalized spacial score (nSPS) is 40.9. The van der Waals surface area contributed by atoms with Gasteiger partial charge in [0.15, 0.2) is 0 Å². The largest absolute Gasteiger partial charge is 0.238 e. The molecule has 2 aliphatic rings. The molecular weight excluding hydrogens is 110 g/mol. The number of nitrogens with zero attached hydrogens (tertiary/aromatic N) is 1. The van der Waals surface area contributed by atoms with E-state index >= 15 is 0 Å². The van der Waals surface area contributed by atoms with Crippen LogP contribution in [0.4, 0.5) is 0 Å². The van der Waals surface area contributed by atoms with E-state index in [1.807, 2.05) is 0 Å². The van der Waals surface area contributed by atoms with Crippen molar-refractivity contribution in [1.82, 2.24) is 5.32 Å². The maximum absolute atomic E-state index is 4.51. The Balaban J connectivity index is 2.07. The fraction of sp³-hybridized carbons (Fsp3) is 0.750. The summed E-state index contributed by atoms with van der Waals surface area (Å²) in [5, 5.41) is 4.51. The van der Waals surface area contributed by atoms with Crippen molar-refractivity contribution >= 4 is 0 Å². The van der Waals surface area contributed by atoms with Crippen LogP contribution in [0.25, 0.3) is 0 Å². The van der Waals surface area contributed by atoms with Gasteiger partial charge < -0.3 is 0 Å². The molecule has 1 heteroatoms. The average Bonchev–Trinajstić information content (AvgIpc) is 2.33. The van der Waals surface area contributed by atoms with Gasteiger partial charge in [-0.25, -0.2) is 5.32 Å². The Morgan fingerprint density at radius 2 is 2.11 bits per heavy atom. The van der Waals surface area contributed by atoms with Crippen LogP contribution in [0.1, 0.15) is 19.3 Å². The molecule has 1 heterocycles. The summed E-state index contributed by atoms with van der Waals surface area (Å²) in [6.07, 6.45) is 8.42. The summed E-state index contributed by atoms with van der Waals surface area (Å²) < 4.78 is 0. The highest BCUT2D eigenvalue weighted by Gasteiger charge is 2.27. The highest BCUT2D eigenvalue weighted by atomic mass is 14.9. The van der Waals surface area contributed by atoms with Gasteiger partial charge in [0.25, 0.3) is 0 Å². The Morgan fingerprint density at radius 3 is 3.00 bits per heavy atom. The maximum Gasteiger partial charge on any atom is 0.0312 e. The minimum Gasteiger partial charge on any atom is -0.238 e. The summed E-state index contributed by atoms with van der Waals surface area (Å²) in [7, 11) is 0. The lowest BCUT2D eigenvalue weighted by Gasteiger charge is -2.18. The third-order valence-electron chi connectivity index (χ3n) is 2.39. The number of fused-ring (bicyclic) bond motifs is 1. The van der Waals surface area contributed by atoms with Crippen LogP contribution >= 0.6 is 0 Å². The molecule has 0 aromatic heterocycles. The summed E-state index contributed by atoms with van der Waals surface area (Å²) >= 11 is 0. The van der Waals surface area contributed by atoms with E-state index in [4.69, 9.17) is 0 Å². The molecule has 0 aromatic rings. The Hall–Kier alpha value is -0.300. The molecule has 0 saturated carbocycles. The maximum atomic E-state index is 4.51. The van der Waals surface area contributed by atoms with Crippen molar-refractivity contribution in [3.63, 3.8) is 0 Å². The van der Waals surface area contributed by atoms with Crippen molar-refractivity contribution in [2.45, 2.75) is 25.3 Å². The lowest BCUT2D eigenvalue weighted by molar-refractivity contribution is 0.435. The molecule has 0 N–H and O–H groups in total. The Labute approximate surface area is 56.1 Å². The van der Waals surface area contributed by atoms with E-state index < -0.39 is 0 Å². The van der Waals surface area contributed by atoms with E-state index in [1.165, 1.54) is 19.3 Å². The standard InChI is InChI=1S/C8H12N/c1-2-4-8-7(3-1)5-6-9-8/h1-2,7-8H,3-6H2/t7-,8+/m1/s1. The van der Waals surface area contributed by atoms with E-state index in [1.54, 1.807) is 0 Å². The summed E-state index contributed by atoms with van der Waals surface area (Å²) in [5.74, 6) is 0.912. The molecule has 2 atom stereocenters. The highest BCUT2D eigenvalue weighted by Crippen LogP contribution is 2.27. The summed E-state index contributed by atoms with van der Waals surface area (Å²) in [6, 6.07) is 0.704. The first-order valence-corrected chi connectivity index (χ1v) is 3.78. The molecule has 1 radical (unpaired) electrons. The second-order valence-corrected chi connectivity index (χ2v) is 2.97. The van der Waals surface area contributed by atoms with Crippen LogP contribution in [-0.2, 0) is 0 Å². The van der Waals surface area contributed by atoms with Gasteiger partial charge in [-0.05, 0) is 25.2 Å². The molecule has 1 fully saturated rings. The summed E-state index contributed by atoms with van der Waals surface area (Å²) in [4.78, 5) is 0. The van der Waals surface area contributed by atoms with E-state index in [9.17, 15) is 0 Å². The molecule has 0 unspecified atom stereocenters. The van der Waals surface area contributed by atoms with Crippen LogP contribution in [0, 0.1) is 5.92 Å². The molecule has 2 rings (SSSR count). The topological polar surface area (TPSA) is 14.1 Å². The Kier molecular flexibility index (Phi) is 1.31. The highest BCUT2D eigenvalue weighted by molar-refractivity contribution is 5.00. The zero-order valence-corrected chi connectivity index (χ0v) is 5.59. The van der Waals surface area contributed by atoms with Crippen LogP contribution in [0.5, 0.6) is 0 Å². The number of rotatable bonds is 0. The predicted octanol–water partition coefficient (Wildman–Crippen LogP) is 1.33. The first-order valence-electron chi connectivity index (χ1n) is 3.78. The molecular formula is C8H12N. The smallest absolute Gasteiger partial charge is 0.0312 e. The zero-order chi connectivity index (χ0) is 6.10. The van der Waals surface area contributed by atoms with Crippen molar-refractivity contribution in [2.24, 2.45) is 5.92 Å². The fourth-order valence-corrected chi connectivity index (χ4v) is 1.80. The molecule has 1 aliphatic heterocycles. The van der Waals surface area contributed by atoms with E-state index in [2.05, 4.69) is 17.5 Å². The van der Waals surface area contributed by atoms with Gasteiger partial charge in [0, 0.05) is 12.6 Å². The molecule has 0 spiro atoms. The van der Waals surface area contributed by atoms with Gasteiger partial charge in [0.2, 0.25) is 0 Å². The number of allylic oxidation sites excluding steroid dienone is 1. The Bertz CT molecular complexity index is 115. The third-order valence-corrected chi connectivity index (χ3v) is 2.39. The summed E-state index contributed by atoms with van der Waals surface area (Å²) in [5.41, 5.74) is 0. The van der Waals surface area contributed by atoms with Gasteiger partial charge in [0.05, 0.1) is 0 Å². The summed E-state index contributed by atoms with van der Waals surface area (Å²) in [6.45, 7) is 1.12. The van der Waals surface area contributed by atoms with Gasteiger partial charge in [-0.3, -0.25) is 0 Å². The molecule has 1 saturated heterocycles. The predicted molar refractivity (Wildman–Crippen MR) is 37.3 cm³/mol. The van der Waals surface area contributed by atoms with E-state index in [0.717, 1.165) is 12.5 Å². The third kappa shape index (κ3) is 0.897. The molecule has 0 bridgehead atoms. The monoisotopic (exact) mass is 122 g/mol. The van der Waals surface area contributed by atoms with Gasteiger partial charge in [-0.15, -0.1) is 0 Å². The Morgan fingerprint density at radius 1 is 1.22 bits per heavy atom. The quantitative estimate of drug-likeness (QED) is 0.430. The lowest BCUT2D eigenvalue weighted by Crippen LogP contribution is -2.22. The molecule has 1 aliphatic carbocycles. The van der Waals surface area contributed by atoms with Gasteiger partial charge in [0.1, 0.15) is 0 Å². The molecule has 1 nitrogen and oxygen atoms in total. The number of hydrogen-bond donors (Lipinski definition) is 0. The van der Waals surface area contributed by atoms with Crippen molar-refractivity contribution in [3.8, 4) is 0 Å². The lowest BCUT2D eigenvalue weighted by atomic mass is 9.90. The molecule has 49 valence electrons. The van der Waals surface area contributed by atoms with E-state index in [-0.39, 0.29) is 0 Å². The molecule has 0 amide bonds. The average molecular weight is 122 g/mol. The first kappa shape index (κ1) is 5.48. The zero-order valence-electron chi connectivity index (χ0n) is 5.59. The van der Waals surface area contributed by atoms with Crippen molar-refractivity contribution in [2.75, 3.05) is 6.54 Å². The van der Waals surface area contributed by atoms with Crippen LogP contribution in [0.3, 0.4) is 0 Å².